The molecule has 1 unspecified atom stereocenters. The highest BCUT2D eigenvalue weighted by Crippen LogP contribution is 2.23. The van der Waals surface area contributed by atoms with Crippen molar-refractivity contribution in [1.82, 2.24) is 10.3 Å². The zero-order chi connectivity index (χ0) is 13.6. The molecule has 18 heavy (non-hydrogen) atoms. The predicted molar refractivity (Wildman–Crippen MR) is 65.1 cm³/mol. The zero-order valence-electron chi connectivity index (χ0n) is 10.3. The van der Waals surface area contributed by atoms with Gasteiger partial charge in [0.2, 0.25) is 0 Å². The molecular weight excluding hydrogens is 243 g/mol. The minimum Gasteiger partial charge on any atom is -0.384 e. The summed E-state index contributed by atoms with van der Waals surface area (Å²) in [7, 11) is 0. The lowest BCUT2D eigenvalue weighted by molar-refractivity contribution is -0.139. The van der Waals surface area contributed by atoms with Crippen LogP contribution in [0.25, 0.3) is 0 Å². The molecule has 1 aromatic rings. The maximum Gasteiger partial charge on any atom is 0.390 e. The number of nitrogens with zero attached hydrogens (tertiary/aromatic N) is 1. The third kappa shape index (κ3) is 5.86. The molecule has 0 aliphatic heterocycles. The number of hydrogen-bond donors (Lipinski definition) is 2. The Labute approximate surface area is 105 Å². The Kier molecular flexibility index (Phi) is 5.40. The van der Waals surface area contributed by atoms with Gasteiger partial charge in [-0.2, -0.15) is 13.2 Å². The van der Waals surface area contributed by atoms with Crippen LogP contribution in [0, 0.1) is 0 Å². The molecular formula is C12H18F3N3. The first-order chi connectivity index (χ1) is 8.40. The van der Waals surface area contributed by atoms with E-state index in [1.165, 1.54) is 6.20 Å². The molecule has 1 atom stereocenters. The number of hydrogen-bond acceptors (Lipinski definition) is 3. The zero-order valence-corrected chi connectivity index (χ0v) is 10.3. The van der Waals surface area contributed by atoms with E-state index >= 15 is 0 Å². The van der Waals surface area contributed by atoms with Crippen molar-refractivity contribution in [2.45, 2.75) is 38.4 Å². The van der Waals surface area contributed by atoms with E-state index in [1.807, 2.05) is 6.92 Å². The van der Waals surface area contributed by atoms with Crippen molar-refractivity contribution in [2.75, 3.05) is 12.3 Å². The summed E-state index contributed by atoms with van der Waals surface area (Å²) in [6.45, 7) is 2.49. The number of nitrogens with two attached hydrogens (primary N) is 1. The van der Waals surface area contributed by atoms with Gasteiger partial charge in [0.1, 0.15) is 5.82 Å². The third-order valence-corrected chi connectivity index (χ3v) is 2.49. The fourth-order valence-electron chi connectivity index (χ4n) is 1.75. The lowest BCUT2D eigenvalue weighted by Crippen LogP contribution is -2.36. The average Bonchev–Trinajstić information content (AvgIpc) is 2.24. The molecule has 0 aromatic carbocycles. The van der Waals surface area contributed by atoms with Crippen molar-refractivity contribution in [3.05, 3.63) is 23.9 Å². The van der Waals surface area contributed by atoms with Crippen molar-refractivity contribution < 1.29 is 13.2 Å². The number of nitrogen functional groups attached to an aromatic ring is 1. The molecule has 0 radical (unpaired) electrons. The van der Waals surface area contributed by atoms with Crippen molar-refractivity contribution in [1.29, 1.82) is 0 Å². The molecule has 0 bridgehead atoms. The fourth-order valence-corrected chi connectivity index (χ4v) is 1.75. The second-order valence-corrected chi connectivity index (χ2v) is 4.26. The summed E-state index contributed by atoms with van der Waals surface area (Å²) in [4.78, 5) is 3.82. The molecule has 0 spiro atoms. The third-order valence-electron chi connectivity index (χ3n) is 2.49. The number of aromatic nitrogens is 1. The first-order valence-corrected chi connectivity index (χ1v) is 5.91. The van der Waals surface area contributed by atoms with Crippen LogP contribution in [0.1, 0.15) is 25.3 Å². The SMILES string of the molecule is CCCNC(Cc1ccnc(N)c1)CC(F)(F)F. The number of halogens is 3. The summed E-state index contributed by atoms with van der Waals surface area (Å²) in [5.41, 5.74) is 6.27. The molecule has 0 fully saturated rings. The van der Waals surface area contributed by atoms with Gasteiger partial charge in [-0.15, -0.1) is 0 Å². The first kappa shape index (κ1) is 14.8. The molecule has 0 saturated carbocycles. The average molecular weight is 261 g/mol. The Morgan fingerprint density at radius 1 is 1.44 bits per heavy atom. The van der Waals surface area contributed by atoms with Gasteiger partial charge in [0.15, 0.2) is 0 Å². The van der Waals surface area contributed by atoms with Crippen LogP contribution in [0.4, 0.5) is 19.0 Å². The molecule has 1 rings (SSSR count). The first-order valence-electron chi connectivity index (χ1n) is 5.91. The summed E-state index contributed by atoms with van der Waals surface area (Å²) in [6.07, 6.45) is -2.40. The van der Waals surface area contributed by atoms with Gasteiger partial charge in [-0.3, -0.25) is 0 Å². The van der Waals surface area contributed by atoms with Gasteiger partial charge in [0.05, 0.1) is 6.42 Å². The lowest BCUT2D eigenvalue weighted by Gasteiger charge is -2.20. The van der Waals surface area contributed by atoms with Gasteiger partial charge >= 0.3 is 6.18 Å². The van der Waals surface area contributed by atoms with Gasteiger partial charge in [-0.25, -0.2) is 4.98 Å². The Morgan fingerprint density at radius 2 is 2.17 bits per heavy atom. The van der Waals surface area contributed by atoms with Gasteiger partial charge in [-0.1, -0.05) is 6.92 Å². The van der Waals surface area contributed by atoms with E-state index in [-0.39, 0.29) is 0 Å². The van der Waals surface area contributed by atoms with Crippen LogP contribution in [-0.4, -0.2) is 23.7 Å². The standard InChI is InChI=1S/C12H18F3N3/c1-2-4-17-10(8-12(13,14)15)6-9-3-5-18-11(16)7-9/h3,5,7,10,17H,2,4,6,8H2,1H3,(H2,16,18). The molecule has 0 saturated heterocycles. The summed E-state index contributed by atoms with van der Waals surface area (Å²) in [5.74, 6) is 0.328. The molecule has 0 aliphatic rings. The second kappa shape index (κ2) is 6.58. The van der Waals surface area contributed by atoms with Gasteiger partial charge in [0, 0.05) is 12.2 Å². The maximum absolute atomic E-state index is 12.4. The summed E-state index contributed by atoms with van der Waals surface area (Å²) < 4.78 is 37.3. The van der Waals surface area contributed by atoms with Crippen molar-refractivity contribution in [3.63, 3.8) is 0 Å². The Morgan fingerprint density at radius 3 is 2.72 bits per heavy atom. The molecule has 1 heterocycles. The van der Waals surface area contributed by atoms with Gasteiger partial charge in [-0.05, 0) is 37.1 Å². The van der Waals surface area contributed by atoms with E-state index in [1.54, 1.807) is 12.1 Å². The highest BCUT2D eigenvalue weighted by molar-refractivity contribution is 5.32. The summed E-state index contributed by atoms with van der Waals surface area (Å²) in [5, 5.41) is 2.91. The molecule has 0 aliphatic carbocycles. The highest BCUT2D eigenvalue weighted by Gasteiger charge is 2.31. The summed E-state index contributed by atoms with van der Waals surface area (Å²) in [6, 6.07) is 2.68. The molecule has 102 valence electrons. The van der Waals surface area contributed by atoms with E-state index in [9.17, 15) is 13.2 Å². The number of pyridine rings is 1. The van der Waals surface area contributed by atoms with Gasteiger partial charge in [0.25, 0.3) is 0 Å². The number of rotatable bonds is 6. The van der Waals surface area contributed by atoms with Crippen LogP contribution in [-0.2, 0) is 6.42 Å². The van der Waals surface area contributed by atoms with Crippen LogP contribution < -0.4 is 11.1 Å². The highest BCUT2D eigenvalue weighted by atomic mass is 19.4. The molecule has 3 N–H and O–H groups in total. The van der Waals surface area contributed by atoms with Crippen LogP contribution in [0.3, 0.4) is 0 Å². The maximum atomic E-state index is 12.4. The van der Waals surface area contributed by atoms with Crippen LogP contribution in [0.15, 0.2) is 18.3 Å². The second-order valence-electron chi connectivity index (χ2n) is 4.26. The number of anilines is 1. The topological polar surface area (TPSA) is 50.9 Å². The number of alkyl halides is 3. The lowest BCUT2D eigenvalue weighted by atomic mass is 10.0. The van der Waals surface area contributed by atoms with Crippen molar-refractivity contribution in [3.8, 4) is 0 Å². The quantitative estimate of drug-likeness (QED) is 0.827. The Hall–Kier alpha value is -1.30. The predicted octanol–water partition coefficient (Wildman–Crippen LogP) is 2.53. The van der Waals surface area contributed by atoms with E-state index in [0.717, 1.165) is 12.0 Å². The monoisotopic (exact) mass is 261 g/mol. The molecule has 6 heteroatoms. The van der Waals surface area contributed by atoms with E-state index in [2.05, 4.69) is 10.3 Å². The van der Waals surface area contributed by atoms with Crippen LogP contribution >= 0.6 is 0 Å². The smallest absolute Gasteiger partial charge is 0.384 e. The fraction of sp³-hybridized carbons (Fsp3) is 0.583. The minimum atomic E-state index is -4.16. The molecule has 3 nitrogen and oxygen atoms in total. The molecule has 1 aromatic heterocycles. The van der Waals surface area contributed by atoms with Crippen molar-refractivity contribution >= 4 is 5.82 Å². The van der Waals surface area contributed by atoms with E-state index in [0.29, 0.717) is 18.8 Å². The number of nitrogens with one attached hydrogen (secondary N) is 1. The van der Waals surface area contributed by atoms with E-state index < -0.39 is 18.6 Å². The molecule has 0 amide bonds. The van der Waals surface area contributed by atoms with Crippen molar-refractivity contribution in [2.24, 2.45) is 0 Å². The normalized spacial score (nSPS) is 13.6. The minimum absolute atomic E-state index is 0.298. The largest absolute Gasteiger partial charge is 0.390 e. The van der Waals surface area contributed by atoms with E-state index in [4.69, 9.17) is 5.73 Å². The Bertz CT molecular complexity index is 366. The van der Waals surface area contributed by atoms with Crippen LogP contribution in [0.5, 0.6) is 0 Å². The summed E-state index contributed by atoms with van der Waals surface area (Å²) >= 11 is 0. The Balaban J connectivity index is 2.65. The van der Waals surface area contributed by atoms with Gasteiger partial charge < -0.3 is 11.1 Å². The van der Waals surface area contributed by atoms with Crippen LogP contribution in [0.2, 0.25) is 0 Å².